The molecule has 0 spiro atoms. The molecule has 0 heterocycles. The van der Waals surface area contributed by atoms with Crippen LogP contribution in [0.4, 0.5) is 0 Å². The number of unbranched alkanes of at least 4 members (excludes halogenated alkanes) is 15. The van der Waals surface area contributed by atoms with Crippen LogP contribution in [-0.2, 0) is 0 Å². The van der Waals surface area contributed by atoms with Crippen LogP contribution in [0.25, 0.3) is 0 Å². The van der Waals surface area contributed by atoms with Crippen LogP contribution in [0.5, 0.6) is 0 Å². The Hall–Kier alpha value is -0.0800. The molecule has 4 N–H and O–H groups in total. The summed E-state index contributed by atoms with van der Waals surface area (Å²) in [6.07, 6.45) is 24.6. The molecule has 0 bridgehead atoms. The fourth-order valence-corrected chi connectivity index (χ4v) is 3.10. The first kappa shape index (κ1) is 25.2. The Morgan fingerprint density at radius 3 is 1.09 bits per heavy atom. The molecular formula is C21H48N2. The zero-order valence-electron chi connectivity index (χ0n) is 16.6. The van der Waals surface area contributed by atoms with Crippen LogP contribution in [0.15, 0.2) is 0 Å². The standard InChI is InChI=1S/C21H45N.H3N/c1-3-5-6-7-8-9-10-11-12-13-14-15-16-17-18-19-21-22-20-4-2;/h22H,3-21H2,1-2H3;1H3. The molecule has 2 heteroatoms. The molecule has 0 aliphatic heterocycles. The van der Waals surface area contributed by atoms with Gasteiger partial charge >= 0.3 is 0 Å². The first-order valence-electron chi connectivity index (χ1n) is 10.6. The first-order chi connectivity index (χ1) is 10.9. The molecule has 0 aromatic carbocycles. The van der Waals surface area contributed by atoms with Gasteiger partial charge in [-0.1, -0.05) is 110 Å². The molecule has 0 aromatic heterocycles. The van der Waals surface area contributed by atoms with E-state index in [0.29, 0.717) is 0 Å². The molecule has 0 aliphatic rings. The van der Waals surface area contributed by atoms with Crippen molar-refractivity contribution in [3.05, 3.63) is 0 Å². The Labute approximate surface area is 148 Å². The van der Waals surface area contributed by atoms with E-state index in [9.17, 15) is 0 Å². The average Bonchev–Trinajstić information content (AvgIpc) is 2.54. The van der Waals surface area contributed by atoms with E-state index < -0.39 is 0 Å². The van der Waals surface area contributed by atoms with Gasteiger partial charge in [-0.15, -0.1) is 0 Å². The van der Waals surface area contributed by atoms with Gasteiger partial charge in [0.2, 0.25) is 0 Å². The van der Waals surface area contributed by atoms with E-state index in [0.717, 1.165) is 0 Å². The minimum absolute atomic E-state index is 0. The maximum Gasteiger partial charge on any atom is -0.00489 e. The molecule has 0 aliphatic carbocycles. The molecule has 0 unspecified atom stereocenters. The van der Waals surface area contributed by atoms with Crippen LogP contribution in [0.3, 0.4) is 0 Å². The van der Waals surface area contributed by atoms with Gasteiger partial charge in [0.05, 0.1) is 0 Å². The average molecular weight is 329 g/mol. The Balaban J connectivity index is 0. The van der Waals surface area contributed by atoms with Gasteiger partial charge < -0.3 is 11.5 Å². The summed E-state index contributed by atoms with van der Waals surface area (Å²) in [5, 5.41) is 3.48. The van der Waals surface area contributed by atoms with Crippen molar-refractivity contribution in [2.24, 2.45) is 0 Å². The quantitative estimate of drug-likeness (QED) is 0.242. The minimum Gasteiger partial charge on any atom is -0.344 e. The largest absolute Gasteiger partial charge is 0.344 e. The smallest absolute Gasteiger partial charge is 0.00489 e. The minimum atomic E-state index is 0. The SMILES string of the molecule is CCCCCCCCCCCCCCCCCCNCCC.N. The second-order valence-corrected chi connectivity index (χ2v) is 7.05. The molecule has 0 atom stereocenters. The Morgan fingerprint density at radius 2 is 0.739 bits per heavy atom. The second-order valence-electron chi connectivity index (χ2n) is 7.05. The molecule has 0 fully saturated rings. The lowest BCUT2D eigenvalue weighted by molar-refractivity contribution is 0.525. The van der Waals surface area contributed by atoms with Crippen LogP contribution in [0.2, 0.25) is 0 Å². The zero-order valence-corrected chi connectivity index (χ0v) is 16.6. The van der Waals surface area contributed by atoms with E-state index in [1.807, 2.05) is 0 Å². The van der Waals surface area contributed by atoms with Crippen LogP contribution < -0.4 is 11.5 Å². The normalized spacial score (nSPS) is 10.7. The summed E-state index contributed by atoms with van der Waals surface area (Å²) >= 11 is 0. The van der Waals surface area contributed by atoms with Gasteiger partial charge in [-0.25, -0.2) is 0 Å². The lowest BCUT2D eigenvalue weighted by Crippen LogP contribution is -2.15. The van der Waals surface area contributed by atoms with Gasteiger partial charge in [0, 0.05) is 0 Å². The molecule has 0 radical (unpaired) electrons. The van der Waals surface area contributed by atoms with Crippen molar-refractivity contribution in [1.82, 2.24) is 11.5 Å². The van der Waals surface area contributed by atoms with Crippen molar-refractivity contribution in [2.45, 2.75) is 123 Å². The van der Waals surface area contributed by atoms with Crippen molar-refractivity contribution in [2.75, 3.05) is 13.1 Å². The van der Waals surface area contributed by atoms with Gasteiger partial charge in [0.15, 0.2) is 0 Å². The molecule has 2 nitrogen and oxygen atoms in total. The lowest BCUT2D eigenvalue weighted by atomic mass is 10.0. The Morgan fingerprint density at radius 1 is 0.391 bits per heavy atom. The summed E-state index contributed by atoms with van der Waals surface area (Å²) in [6, 6.07) is 0. The van der Waals surface area contributed by atoms with Crippen LogP contribution in [-0.4, -0.2) is 13.1 Å². The predicted molar refractivity (Wildman–Crippen MR) is 108 cm³/mol. The molecule has 0 saturated heterocycles. The molecule has 142 valence electrons. The third kappa shape index (κ3) is 24.3. The van der Waals surface area contributed by atoms with Gasteiger partial charge in [-0.3, -0.25) is 0 Å². The zero-order chi connectivity index (χ0) is 16.1. The number of nitrogens with one attached hydrogen (secondary N) is 1. The van der Waals surface area contributed by atoms with Crippen LogP contribution in [0, 0.1) is 0 Å². The van der Waals surface area contributed by atoms with Crippen molar-refractivity contribution in [3.63, 3.8) is 0 Å². The van der Waals surface area contributed by atoms with Gasteiger partial charge in [-0.05, 0) is 25.9 Å². The topological polar surface area (TPSA) is 47.0 Å². The van der Waals surface area contributed by atoms with Crippen molar-refractivity contribution in [1.29, 1.82) is 0 Å². The summed E-state index contributed by atoms with van der Waals surface area (Å²) in [6.45, 7) is 6.95. The summed E-state index contributed by atoms with van der Waals surface area (Å²) in [7, 11) is 0. The van der Waals surface area contributed by atoms with E-state index in [1.54, 1.807) is 0 Å². The van der Waals surface area contributed by atoms with E-state index >= 15 is 0 Å². The fourth-order valence-electron chi connectivity index (χ4n) is 3.10. The van der Waals surface area contributed by atoms with Crippen molar-refractivity contribution in [3.8, 4) is 0 Å². The van der Waals surface area contributed by atoms with E-state index in [2.05, 4.69) is 19.2 Å². The third-order valence-electron chi connectivity index (χ3n) is 4.63. The van der Waals surface area contributed by atoms with Gasteiger partial charge in [0.1, 0.15) is 0 Å². The predicted octanol–water partition coefficient (Wildman–Crippen LogP) is 7.41. The summed E-state index contributed by atoms with van der Waals surface area (Å²) < 4.78 is 0. The van der Waals surface area contributed by atoms with E-state index in [-0.39, 0.29) is 6.15 Å². The summed E-state index contributed by atoms with van der Waals surface area (Å²) in [4.78, 5) is 0. The highest BCUT2D eigenvalue weighted by atomic mass is 14.8. The highest BCUT2D eigenvalue weighted by Gasteiger charge is 1.94. The van der Waals surface area contributed by atoms with Gasteiger partial charge in [0.25, 0.3) is 0 Å². The maximum absolute atomic E-state index is 3.48. The molecule has 0 amide bonds. The highest BCUT2D eigenvalue weighted by Crippen LogP contribution is 2.13. The molecule has 23 heavy (non-hydrogen) atoms. The summed E-state index contributed by atoms with van der Waals surface area (Å²) in [5.41, 5.74) is 0. The number of rotatable bonds is 19. The summed E-state index contributed by atoms with van der Waals surface area (Å²) in [5.74, 6) is 0. The van der Waals surface area contributed by atoms with Crippen molar-refractivity contribution >= 4 is 0 Å². The molecule has 0 rings (SSSR count). The monoisotopic (exact) mass is 328 g/mol. The van der Waals surface area contributed by atoms with Gasteiger partial charge in [-0.2, -0.15) is 0 Å². The van der Waals surface area contributed by atoms with Crippen LogP contribution in [0.1, 0.15) is 123 Å². The van der Waals surface area contributed by atoms with E-state index in [1.165, 1.54) is 122 Å². The molecular weight excluding hydrogens is 280 g/mol. The van der Waals surface area contributed by atoms with Crippen LogP contribution >= 0.6 is 0 Å². The third-order valence-corrected chi connectivity index (χ3v) is 4.63. The first-order valence-corrected chi connectivity index (χ1v) is 10.6. The molecule has 0 saturated carbocycles. The number of hydrogen-bond donors (Lipinski definition) is 2. The Kier molecular flexibility index (Phi) is 26.5. The van der Waals surface area contributed by atoms with E-state index in [4.69, 9.17) is 0 Å². The second kappa shape index (κ2) is 24.2. The highest BCUT2D eigenvalue weighted by molar-refractivity contribution is 4.51. The molecule has 0 aromatic rings. The number of hydrogen-bond acceptors (Lipinski definition) is 2. The fraction of sp³-hybridized carbons (Fsp3) is 1.00. The van der Waals surface area contributed by atoms with Crippen molar-refractivity contribution < 1.29 is 0 Å². The maximum atomic E-state index is 3.48. The Bertz CT molecular complexity index is 163. The lowest BCUT2D eigenvalue weighted by Gasteiger charge is -2.04.